The largest absolute Gasteiger partial charge is 0.389 e. The molecule has 0 heterocycles. The summed E-state index contributed by atoms with van der Waals surface area (Å²) >= 11 is 0. The molecule has 0 aromatic heterocycles. The predicted octanol–water partition coefficient (Wildman–Crippen LogP) is 2.47. The third-order valence-corrected chi connectivity index (χ3v) is 4.93. The van der Waals surface area contributed by atoms with E-state index in [-0.39, 0.29) is 5.75 Å². The number of hydrogen-bond acceptors (Lipinski definition) is 4. The third kappa shape index (κ3) is 4.80. The molecule has 114 valence electrons. The zero-order valence-corrected chi connectivity index (χ0v) is 13.6. The average molecular weight is 299 g/mol. The number of hydrogen-bond donors (Lipinski definition) is 1. The first kappa shape index (κ1) is 17.0. The molecule has 5 heteroatoms. The summed E-state index contributed by atoms with van der Waals surface area (Å²) in [6.07, 6.45) is 0.615. The average Bonchev–Trinajstić information content (AvgIpc) is 2.35. The normalized spacial score (nSPS) is 12.4. The molecule has 0 unspecified atom stereocenters. The van der Waals surface area contributed by atoms with Gasteiger partial charge in [-0.05, 0) is 51.5 Å². The van der Waals surface area contributed by atoms with Crippen LogP contribution in [0.2, 0.25) is 0 Å². The van der Waals surface area contributed by atoms with Crippen LogP contribution in [0.1, 0.15) is 34.1 Å². The van der Waals surface area contributed by atoms with Crippen LogP contribution in [0.4, 0.5) is 5.69 Å². The fourth-order valence-electron chi connectivity index (χ4n) is 2.10. The number of likely N-dealkylation sites (N-methyl/N-ethyl adjacent to an activating group) is 1. The predicted molar refractivity (Wildman–Crippen MR) is 83.0 cm³/mol. The monoisotopic (exact) mass is 299 g/mol. The first-order valence-corrected chi connectivity index (χ1v) is 8.65. The summed E-state index contributed by atoms with van der Waals surface area (Å²) in [5, 5.41) is 9.90. The second-order valence-corrected chi connectivity index (χ2v) is 7.75. The zero-order chi connectivity index (χ0) is 15.4. The van der Waals surface area contributed by atoms with Gasteiger partial charge in [0.25, 0.3) is 0 Å². The van der Waals surface area contributed by atoms with Crippen molar-refractivity contribution >= 4 is 15.5 Å². The van der Waals surface area contributed by atoms with Gasteiger partial charge in [-0.25, -0.2) is 8.42 Å². The lowest BCUT2D eigenvalue weighted by atomic mass is 10.1. The SMILES string of the molecule is CCCS(=O)(=O)c1ccc(N(CC)CC(C)(C)O)cc1. The van der Waals surface area contributed by atoms with Gasteiger partial charge in [0.2, 0.25) is 0 Å². The van der Waals surface area contributed by atoms with Gasteiger partial charge in [-0.3, -0.25) is 0 Å². The summed E-state index contributed by atoms with van der Waals surface area (Å²) in [5.74, 6) is 0.174. The van der Waals surface area contributed by atoms with Crippen LogP contribution < -0.4 is 4.90 Å². The van der Waals surface area contributed by atoms with Crippen LogP contribution in [-0.4, -0.2) is 38.0 Å². The maximum absolute atomic E-state index is 12.0. The van der Waals surface area contributed by atoms with Gasteiger partial charge in [-0.1, -0.05) is 6.92 Å². The molecule has 0 aliphatic carbocycles. The van der Waals surface area contributed by atoms with E-state index in [9.17, 15) is 13.5 Å². The Morgan fingerprint density at radius 2 is 1.70 bits per heavy atom. The van der Waals surface area contributed by atoms with Crippen LogP contribution in [0.15, 0.2) is 29.2 Å². The van der Waals surface area contributed by atoms with E-state index in [4.69, 9.17) is 0 Å². The maximum Gasteiger partial charge on any atom is 0.178 e. The Hall–Kier alpha value is -1.07. The molecule has 20 heavy (non-hydrogen) atoms. The number of nitrogens with zero attached hydrogens (tertiary/aromatic N) is 1. The summed E-state index contributed by atoms with van der Waals surface area (Å²) in [7, 11) is -3.16. The van der Waals surface area contributed by atoms with Crippen molar-refractivity contribution in [2.45, 2.75) is 44.6 Å². The lowest BCUT2D eigenvalue weighted by molar-refractivity contribution is 0.0876. The molecule has 0 aliphatic rings. The van der Waals surface area contributed by atoms with Crippen molar-refractivity contribution in [3.05, 3.63) is 24.3 Å². The van der Waals surface area contributed by atoms with E-state index in [0.29, 0.717) is 17.9 Å². The van der Waals surface area contributed by atoms with Crippen molar-refractivity contribution in [2.24, 2.45) is 0 Å². The Morgan fingerprint density at radius 3 is 2.10 bits per heavy atom. The zero-order valence-electron chi connectivity index (χ0n) is 12.8. The molecule has 0 fully saturated rings. The second-order valence-electron chi connectivity index (χ2n) is 5.64. The number of benzene rings is 1. The Kier molecular flexibility index (Phi) is 5.59. The van der Waals surface area contributed by atoms with Crippen molar-refractivity contribution in [1.82, 2.24) is 0 Å². The van der Waals surface area contributed by atoms with Gasteiger partial charge in [0.15, 0.2) is 9.84 Å². The van der Waals surface area contributed by atoms with Gasteiger partial charge >= 0.3 is 0 Å². The molecule has 1 rings (SSSR count). The molecular formula is C15H25NO3S. The van der Waals surface area contributed by atoms with Gasteiger partial charge in [-0.2, -0.15) is 0 Å². The molecule has 4 nitrogen and oxygen atoms in total. The van der Waals surface area contributed by atoms with Gasteiger partial charge < -0.3 is 10.0 Å². The Morgan fingerprint density at radius 1 is 1.15 bits per heavy atom. The van der Waals surface area contributed by atoms with Crippen LogP contribution in [0.5, 0.6) is 0 Å². The molecule has 0 bridgehead atoms. The van der Waals surface area contributed by atoms with Gasteiger partial charge in [0.05, 0.1) is 16.2 Å². The topological polar surface area (TPSA) is 57.6 Å². The van der Waals surface area contributed by atoms with Gasteiger partial charge in [0, 0.05) is 18.8 Å². The van der Waals surface area contributed by atoms with Crippen LogP contribution >= 0.6 is 0 Å². The van der Waals surface area contributed by atoms with Gasteiger partial charge in [-0.15, -0.1) is 0 Å². The summed E-state index contributed by atoms with van der Waals surface area (Å²) < 4.78 is 23.9. The molecule has 1 aromatic carbocycles. The summed E-state index contributed by atoms with van der Waals surface area (Å²) in [6, 6.07) is 6.90. The highest BCUT2D eigenvalue weighted by Crippen LogP contribution is 2.21. The molecule has 0 spiro atoms. The van der Waals surface area contributed by atoms with Crippen LogP contribution in [-0.2, 0) is 9.84 Å². The highest BCUT2D eigenvalue weighted by molar-refractivity contribution is 7.91. The minimum atomic E-state index is -3.16. The Bertz CT molecular complexity index is 515. The van der Waals surface area contributed by atoms with Crippen LogP contribution in [0.25, 0.3) is 0 Å². The quantitative estimate of drug-likeness (QED) is 0.840. The Balaban J connectivity index is 2.95. The highest BCUT2D eigenvalue weighted by atomic mass is 32.2. The number of rotatable bonds is 7. The molecule has 0 saturated carbocycles. The second kappa shape index (κ2) is 6.59. The molecular weight excluding hydrogens is 274 g/mol. The fourth-order valence-corrected chi connectivity index (χ4v) is 3.43. The van der Waals surface area contributed by atoms with Crippen molar-refractivity contribution < 1.29 is 13.5 Å². The van der Waals surface area contributed by atoms with Crippen LogP contribution in [0, 0.1) is 0 Å². The van der Waals surface area contributed by atoms with Crippen molar-refractivity contribution in [3.8, 4) is 0 Å². The molecule has 1 aromatic rings. The number of anilines is 1. The van der Waals surface area contributed by atoms with Crippen molar-refractivity contribution in [1.29, 1.82) is 0 Å². The lowest BCUT2D eigenvalue weighted by Gasteiger charge is -2.30. The van der Waals surface area contributed by atoms with E-state index >= 15 is 0 Å². The number of sulfone groups is 1. The Labute approximate surface area is 122 Å². The molecule has 0 atom stereocenters. The van der Waals surface area contributed by atoms with Crippen molar-refractivity contribution in [3.63, 3.8) is 0 Å². The van der Waals surface area contributed by atoms with E-state index in [1.165, 1.54) is 0 Å². The molecule has 1 N–H and O–H groups in total. The van der Waals surface area contributed by atoms with Gasteiger partial charge in [0.1, 0.15) is 0 Å². The smallest absolute Gasteiger partial charge is 0.178 e. The molecule has 0 amide bonds. The van der Waals surface area contributed by atoms with E-state index in [2.05, 4.69) is 0 Å². The van der Waals surface area contributed by atoms with E-state index in [1.807, 2.05) is 18.7 Å². The summed E-state index contributed by atoms with van der Waals surface area (Å²) in [6.45, 7) is 8.64. The third-order valence-electron chi connectivity index (χ3n) is 2.99. The maximum atomic E-state index is 12.0. The standard InChI is InChI=1S/C15H25NO3S/c1-5-11-20(18,19)14-9-7-13(8-10-14)16(6-2)12-15(3,4)17/h7-10,17H,5-6,11-12H2,1-4H3. The van der Waals surface area contributed by atoms with E-state index in [1.54, 1.807) is 38.1 Å². The molecule has 0 aliphatic heterocycles. The number of aliphatic hydroxyl groups is 1. The minimum absolute atomic E-state index is 0.174. The van der Waals surface area contributed by atoms with E-state index < -0.39 is 15.4 Å². The molecule has 0 radical (unpaired) electrons. The fraction of sp³-hybridized carbons (Fsp3) is 0.600. The van der Waals surface area contributed by atoms with Crippen molar-refractivity contribution in [2.75, 3.05) is 23.7 Å². The highest BCUT2D eigenvalue weighted by Gasteiger charge is 2.18. The van der Waals surface area contributed by atoms with E-state index in [0.717, 1.165) is 12.2 Å². The summed E-state index contributed by atoms with van der Waals surface area (Å²) in [4.78, 5) is 2.39. The first-order chi connectivity index (χ1) is 9.19. The summed E-state index contributed by atoms with van der Waals surface area (Å²) in [5.41, 5.74) is 0.133. The molecule has 0 saturated heterocycles. The minimum Gasteiger partial charge on any atom is -0.389 e. The lowest BCUT2D eigenvalue weighted by Crippen LogP contribution is -2.38. The van der Waals surface area contributed by atoms with Crippen LogP contribution in [0.3, 0.4) is 0 Å². The first-order valence-electron chi connectivity index (χ1n) is 6.99.